The third-order valence-corrected chi connectivity index (χ3v) is 3.84. The van der Waals surface area contributed by atoms with Crippen molar-refractivity contribution in [1.82, 2.24) is 5.43 Å². The highest BCUT2D eigenvalue weighted by atomic mass is 79.9. The van der Waals surface area contributed by atoms with Crippen LogP contribution in [0.5, 0.6) is 5.75 Å². The number of benzene rings is 2. The second-order valence-corrected chi connectivity index (χ2v) is 6.26. The van der Waals surface area contributed by atoms with Gasteiger partial charge in [0.1, 0.15) is 5.75 Å². The van der Waals surface area contributed by atoms with Gasteiger partial charge in [0.2, 0.25) is 0 Å². The predicted octanol–water partition coefficient (Wildman–Crippen LogP) is 4.57. The number of aryl methyl sites for hydroxylation is 1. The van der Waals surface area contributed by atoms with Crippen LogP contribution in [0.4, 0.5) is 0 Å². The Morgan fingerprint density at radius 3 is 2.75 bits per heavy atom. The summed E-state index contributed by atoms with van der Waals surface area (Å²) in [6.07, 6.45) is 3.40. The molecule has 0 aliphatic carbocycles. The highest BCUT2D eigenvalue weighted by molar-refractivity contribution is 9.12. The summed E-state index contributed by atoms with van der Waals surface area (Å²) in [7, 11) is 0. The van der Waals surface area contributed by atoms with Crippen LogP contribution < -0.4 is 10.2 Å². The molecule has 0 heterocycles. The van der Waals surface area contributed by atoms with Crippen LogP contribution in [0.15, 0.2) is 58.1 Å². The first kappa shape index (κ1) is 18.2. The van der Waals surface area contributed by atoms with E-state index in [2.05, 4.69) is 26.5 Å². The van der Waals surface area contributed by atoms with E-state index < -0.39 is 0 Å². The van der Waals surface area contributed by atoms with E-state index in [0.29, 0.717) is 10.8 Å². The number of ether oxygens (including phenoxy) is 1. The minimum atomic E-state index is -0.348. The lowest BCUT2D eigenvalue weighted by Crippen LogP contribution is -2.24. The van der Waals surface area contributed by atoms with Crippen LogP contribution in [-0.2, 0) is 4.79 Å². The highest BCUT2D eigenvalue weighted by Crippen LogP contribution is 2.20. The minimum Gasteiger partial charge on any atom is -0.484 e. The first-order valence-electron chi connectivity index (χ1n) is 7.17. The summed E-state index contributed by atoms with van der Waals surface area (Å²) in [4.78, 5) is 11.7. The summed E-state index contributed by atoms with van der Waals surface area (Å²) >= 11 is 9.31. The molecule has 0 aliphatic rings. The standard InChI is InChI=1S/C18H16BrClN2O2/c1-13-9-16(7-8-17(13)20)24-12-18(23)22-21-11-15(19)10-14-5-3-2-4-6-14/h2-11H,12H2,1H3,(H,22,23). The fraction of sp³-hybridized carbons (Fsp3) is 0.111. The van der Waals surface area contributed by atoms with Crippen LogP contribution in [0.1, 0.15) is 11.1 Å². The summed E-state index contributed by atoms with van der Waals surface area (Å²) in [5.41, 5.74) is 4.33. The van der Waals surface area contributed by atoms with Crippen molar-refractivity contribution >= 4 is 45.7 Å². The number of carbonyl (C=O) groups is 1. The van der Waals surface area contributed by atoms with Crippen molar-refractivity contribution in [3.05, 3.63) is 69.2 Å². The van der Waals surface area contributed by atoms with Gasteiger partial charge < -0.3 is 4.74 Å². The van der Waals surface area contributed by atoms with Crippen molar-refractivity contribution in [3.8, 4) is 5.75 Å². The highest BCUT2D eigenvalue weighted by Gasteiger charge is 2.03. The summed E-state index contributed by atoms with van der Waals surface area (Å²) in [6, 6.07) is 15.0. The molecule has 0 unspecified atom stereocenters. The van der Waals surface area contributed by atoms with Crippen LogP contribution in [0.2, 0.25) is 5.02 Å². The number of rotatable bonds is 6. The van der Waals surface area contributed by atoms with Gasteiger partial charge in [0.15, 0.2) is 6.61 Å². The van der Waals surface area contributed by atoms with Gasteiger partial charge in [0, 0.05) is 9.51 Å². The molecule has 0 radical (unpaired) electrons. The topological polar surface area (TPSA) is 50.7 Å². The summed E-state index contributed by atoms with van der Waals surface area (Å²) < 4.78 is 6.13. The fourth-order valence-electron chi connectivity index (χ4n) is 1.80. The molecule has 0 atom stereocenters. The first-order valence-corrected chi connectivity index (χ1v) is 8.35. The fourth-order valence-corrected chi connectivity index (χ4v) is 2.28. The Hall–Kier alpha value is -2.11. The van der Waals surface area contributed by atoms with Gasteiger partial charge in [-0.15, -0.1) is 0 Å². The van der Waals surface area contributed by atoms with E-state index in [1.807, 2.05) is 43.3 Å². The molecule has 2 aromatic carbocycles. The van der Waals surface area contributed by atoms with E-state index in [1.165, 1.54) is 6.21 Å². The molecule has 0 aliphatic heterocycles. The monoisotopic (exact) mass is 406 g/mol. The Labute approximate surface area is 154 Å². The van der Waals surface area contributed by atoms with Gasteiger partial charge in [0.25, 0.3) is 5.91 Å². The lowest BCUT2D eigenvalue weighted by Gasteiger charge is -2.06. The van der Waals surface area contributed by atoms with Crippen molar-refractivity contribution in [2.75, 3.05) is 6.61 Å². The lowest BCUT2D eigenvalue weighted by atomic mass is 10.2. The third kappa shape index (κ3) is 6.18. The number of halogens is 2. The largest absolute Gasteiger partial charge is 0.484 e. The van der Waals surface area contributed by atoms with E-state index in [1.54, 1.807) is 18.2 Å². The van der Waals surface area contributed by atoms with Gasteiger partial charge in [-0.25, -0.2) is 5.43 Å². The number of amides is 1. The van der Waals surface area contributed by atoms with Gasteiger partial charge in [-0.05, 0) is 58.3 Å². The van der Waals surface area contributed by atoms with Crippen LogP contribution >= 0.6 is 27.5 Å². The molecule has 0 saturated heterocycles. The molecular formula is C18H16BrClN2O2. The number of nitrogens with zero attached hydrogens (tertiary/aromatic N) is 1. The average molecular weight is 408 g/mol. The second kappa shape index (κ2) is 9.25. The SMILES string of the molecule is Cc1cc(OCC(=O)NN=CC(Br)=Cc2ccccc2)ccc1Cl. The molecule has 1 amide bonds. The number of hydrogen-bond donors (Lipinski definition) is 1. The molecule has 0 spiro atoms. The van der Waals surface area contributed by atoms with Gasteiger partial charge in [-0.2, -0.15) is 5.10 Å². The maximum atomic E-state index is 11.7. The van der Waals surface area contributed by atoms with Crippen molar-refractivity contribution in [2.45, 2.75) is 6.92 Å². The van der Waals surface area contributed by atoms with E-state index in [4.69, 9.17) is 16.3 Å². The molecule has 2 rings (SSSR count). The number of allylic oxidation sites excluding steroid dienone is 1. The second-order valence-electron chi connectivity index (χ2n) is 4.93. The quantitative estimate of drug-likeness (QED) is 0.563. The zero-order chi connectivity index (χ0) is 17.4. The Kier molecular flexibility index (Phi) is 7.03. The molecule has 0 saturated carbocycles. The van der Waals surface area contributed by atoms with Gasteiger partial charge in [-0.3, -0.25) is 4.79 Å². The molecule has 124 valence electrons. The molecule has 1 N–H and O–H groups in total. The molecule has 0 aromatic heterocycles. The van der Waals surface area contributed by atoms with Crippen LogP contribution in [0, 0.1) is 6.92 Å². The summed E-state index contributed by atoms with van der Waals surface area (Å²) in [6.45, 7) is 1.74. The van der Waals surface area contributed by atoms with Crippen LogP contribution in [-0.4, -0.2) is 18.7 Å². The molecule has 0 bridgehead atoms. The number of carbonyl (C=O) groups excluding carboxylic acids is 1. The average Bonchev–Trinajstić information content (AvgIpc) is 2.57. The van der Waals surface area contributed by atoms with E-state index in [9.17, 15) is 4.79 Å². The van der Waals surface area contributed by atoms with Crippen LogP contribution in [0.3, 0.4) is 0 Å². The first-order chi connectivity index (χ1) is 11.5. The summed E-state index contributed by atoms with van der Waals surface area (Å²) in [5.74, 6) is 0.236. The zero-order valence-corrected chi connectivity index (χ0v) is 15.3. The minimum absolute atomic E-state index is 0.127. The lowest BCUT2D eigenvalue weighted by molar-refractivity contribution is -0.123. The normalized spacial score (nSPS) is 11.5. The number of hydrazone groups is 1. The molecule has 6 heteroatoms. The number of hydrogen-bond acceptors (Lipinski definition) is 3. The molecule has 24 heavy (non-hydrogen) atoms. The maximum absolute atomic E-state index is 11.7. The van der Waals surface area contributed by atoms with Gasteiger partial charge in [-0.1, -0.05) is 41.9 Å². The van der Waals surface area contributed by atoms with Crippen LogP contribution in [0.25, 0.3) is 6.08 Å². The molecule has 2 aromatic rings. The Bertz CT molecular complexity index is 761. The van der Waals surface area contributed by atoms with Crippen molar-refractivity contribution in [2.24, 2.45) is 5.10 Å². The smallest absolute Gasteiger partial charge is 0.277 e. The Balaban J connectivity index is 1.80. The van der Waals surface area contributed by atoms with Crippen molar-refractivity contribution < 1.29 is 9.53 Å². The van der Waals surface area contributed by atoms with Gasteiger partial charge in [0.05, 0.1) is 6.21 Å². The maximum Gasteiger partial charge on any atom is 0.277 e. The van der Waals surface area contributed by atoms with E-state index in [-0.39, 0.29) is 12.5 Å². The van der Waals surface area contributed by atoms with E-state index in [0.717, 1.165) is 15.6 Å². The molecule has 0 fully saturated rings. The van der Waals surface area contributed by atoms with E-state index >= 15 is 0 Å². The Morgan fingerprint density at radius 1 is 1.29 bits per heavy atom. The Morgan fingerprint density at radius 2 is 2.04 bits per heavy atom. The number of nitrogens with one attached hydrogen (secondary N) is 1. The molecule has 4 nitrogen and oxygen atoms in total. The van der Waals surface area contributed by atoms with Crippen molar-refractivity contribution in [3.63, 3.8) is 0 Å². The third-order valence-electron chi connectivity index (χ3n) is 2.98. The predicted molar refractivity (Wildman–Crippen MR) is 102 cm³/mol. The summed E-state index contributed by atoms with van der Waals surface area (Å²) in [5, 5.41) is 4.53. The zero-order valence-electron chi connectivity index (χ0n) is 13.0. The van der Waals surface area contributed by atoms with Gasteiger partial charge >= 0.3 is 0 Å². The van der Waals surface area contributed by atoms with Crippen molar-refractivity contribution in [1.29, 1.82) is 0 Å². The molecular weight excluding hydrogens is 392 g/mol.